The van der Waals surface area contributed by atoms with E-state index in [2.05, 4.69) is 4.74 Å². The van der Waals surface area contributed by atoms with Crippen LogP contribution in [0.3, 0.4) is 0 Å². The number of hydrogen-bond donors (Lipinski definition) is 0. The Morgan fingerprint density at radius 3 is 2.25 bits per heavy atom. The molecule has 0 N–H and O–H groups in total. The number of benzene rings is 2. The maximum atomic E-state index is 14.7. The van der Waals surface area contributed by atoms with Crippen molar-refractivity contribution in [1.82, 2.24) is 0 Å². The molecule has 0 fully saturated rings. The molecule has 0 aromatic heterocycles. The van der Waals surface area contributed by atoms with E-state index in [9.17, 15) is 26.3 Å². The zero-order valence-electron chi connectivity index (χ0n) is 17.5. The number of alkyl halides is 2. The van der Waals surface area contributed by atoms with Gasteiger partial charge in [-0.3, -0.25) is 0 Å². The summed E-state index contributed by atoms with van der Waals surface area (Å²) in [5.41, 5.74) is -1.56. The number of allylic oxidation sites excluding steroid dienone is 2. The van der Waals surface area contributed by atoms with Crippen LogP contribution in [0, 0.1) is 23.3 Å². The Bertz CT molecular complexity index is 1010. The predicted molar refractivity (Wildman–Crippen MR) is 105 cm³/mol. The summed E-state index contributed by atoms with van der Waals surface area (Å²) >= 11 is 0. The fraction of sp³-hybridized carbons (Fsp3) is 0.391. The molecule has 1 aliphatic rings. The minimum absolute atomic E-state index is 0.0191. The van der Waals surface area contributed by atoms with E-state index in [0.717, 1.165) is 36.8 Å². The van der Waals surface area contributed by atoms with E-state index in [1.54, 1.807) is 6.08 Å². The molecule has 0 aliphatic carbocycles. The lowest BCUT2D eigenvalue weighted by molar-refractivity contribution is -0.189. The fourth-order valence-corrected chi connectivity index (χ4v) is 3.40. The molecule has 174 valence electrons. The third-order valence-electron chi connectivity index (χ3n) is 5.01. The number of hydrogen-bond acceptors (Lipinski definition) is 3. The van der Waals surface area contributed by atoms with Crippen LogP contribution < -0.4 is 9.47 Å². The summed E-state index contributed by atoms with van der Waals surface area (Å²) in [6, 6.07) is 3.31. The fourth-order valence-electron chi connectivity index (χ4n) is 3.40. The molecule has 3 nitrogen and oxygen atoms in total. The molecular formula is C23H22F6O3. The summed E-state index contributed by atoms with van der Waals surface area (Å²) in [5.74, 6) is -8.02. The number of halogens is 6. The van der Waals surface area contributed by atoms with Crippen molar-refractivity contribution in [2.45, 2.75) is 45.1 Å². The van der Waals surface area contributed by atoms with Gasteiger partial charge in [0.1, 0.15) is 5.56 Å². The number of ether oxygens (including phenoxy) is 3. The Morgan fingerprint density at radius 1 is 0.938 bits per heavy atom. The minimum atomic E-state index is -4.47. The zero-order chi connectivity index (χ0) is 23.5. The van der Waals surface area contributed by atoms with E-state index in [1.807, 2.05) is 6.92 Å². The van der Waals surface area contributed by atoms with Crippen molar-refractivity contribution in [1.29, 1.82) is 0 Å². The predicted octanol–water partition coefficient (Wildman–Crippen LogP) is 6.96. The highest BCUT2D eigenvalue weighted by Crippen LogP contribution is 2.39. The SMILES string of the molecule is CCCC1=CCC(c2ccc(C(F)(F)Oc3ccc(OCC)c(F)c3F)c(F)c2F)CO1. The monoisotopic (exact) mass is 460 g/mol. The van der Waals surface area contributed by atoms with Crippen molar-refractivity contribution in [3.05, 3.63) is 70.5 Å². The van der Waals surface area contributed by atoms with Crippen molar-refractivity contribution >= 4 is 0 Å². The summed E-state index contributed by atoms with van der Waals surface area (Å²) in [7, 11) is 0. The molecular weight excluding hydrogens is 438 g/mol. The van der Waals surface area contributed by atoms with Crippen LogP contribution in [0.15, 0.2) is 36.1 Å². The van der Waals surface area contributed by atoms with E-state index >= 15 is 0 Å². The molecule has 32 heavy (non-hydrogen) atoms. The van der Waals surface area contributed by atoms with Crippen molar-refractivity contribution in [3.8, 4) is 11.5 Å². The first-order valence-corrected chi connectivity index (χ1v) is 10.2. The Hall–Kier alpha value is -2.84. The smallest absolute Gasteiger partial charge is 0.429 e. The zero-order valence-corrected chi connectivity index (χ0v) is 17.5. The van der Waals surface area contributed by atoms with Crippen LogP contribution in [-0.4, -0.2) is 13.2 Å². The van der Waals surface area contributed by atoms with Gasteiger partial charge in [-0.25, -0.2) is 8.78 Å². The maximum Gasteiger partial charge on any atom is 0.429 e. The summed E-state index contributed by atoms with van der Waals surface area (Å²) in [6.45, 7) is 3.60. The average molecular weight is 460 g/mol. The molecule has 0 bridgehead atoms. The Balaban J connectivity index is 1.85. The molecule has 1 aliphatic heterocycles. The van der Waals surface area contributed by atoms with Gasteiger partial charge in [0.25, 0.3) is 0 Å². The van der Waals surface area contributed by atoms with Crippen LogP contribution in [0.4, 0.5) is 26.3 Å². The second kappa shape index (κ2) is 9.75. The van der Waals surface area contributed by atoms with Gasteiger partial charge >= 0.3 is 6.11 Å². The van der Waals surface area contributed by atoms with Gasteiger partial charge in [0.15, 0.2) is 23.1 Å². The van der Waals surface area contributed by atoms with Gasteiger partial charge in [-0.15, -0.1) is 0 Å². The summed E-state index contributed by atoms with van der Waals surface area (Å²) < 4.78 is 101. The van der Waals surface area contributed by atoms with Gasteiger partial charge in [-0.2, -0.15) is 17.6 Å². The lowest BCUT2D eigenvalue weighted by Gasteiger charge is -2.25. The topological polar surface area (TPSA) is 27.7 Å². The summed E-state index contributed by atoms with van der Waals surface area (Å²) in [5, 5.41) is 0. The first-order chi connectivity index (χ1) is 15.2. The Morgan fingerprint density at radius 2 is 1.62 bits per heavy atom. The molecule has 1 atom stereocenters. The standard InChI is InChI=1S/C23H22F6O3/c1-3-5-14-7-6-13(12-31-14)15-8-9-16(20(25)19(15)24)23(28,29)32-18-11-10-17(30-4-2)21(26)22(18)27/h7-11,13H,3-6,12H2,1-2H3. The Labute approximate surface area is 181 Å². The van der Waals surface area contributed by atoms with Gasteiger partial charge in [-0.05, 0) is 49.6 Å². The van der Waals surface area contributed by atoms with Gasteiger partial charge in [0.05, 0.1) is 19.0 Å². The second-order valence-electron chi connectivity index (χ2n) is 7.24. The largest absolute Gasteiger partial charge is 0.498 e. The third kappa shape index (κ3) is 4.81. The van der Waals surface area contributed by atoms with Crippen LogP contribution in [-0.2, 0) is 10.8 Å². The van der Waals surface area contributed by atoms with E-state index in [4.69, 9.17) is 9.47 Å². The molecule has 1 heterocycles. The summed E-state index contributed by atoms with van der Waals surface area (Å²) in [4.78, 5) is 0. The van der Waals surface area contributed by atoms with Gasteiger partial charge in [-0.1, -0.05) is 13.0 Å². The lowest BCUT2D eigenvalue weighted by atomic mass is 9.92. The highest BCUT2D eigenvalue weighted by Gasteiger charge is 2.41. The maximum absolute atomic E-state index is 14.7. The lowest BCUT2D eigenvalue weighted by Crippen LogP contribution is -2.25. The quantitative estimate of drug-likeness (QED) is 0.399. The first-order valence-electron chi connectivity index (χ1n) is 10.2. The molecule has 2 aromatic rings. The van der Waals surface area contributed by atoms with Crippen molar-refractivity contribution in [2.75, 3.05) is 13.2 Å². The molecule has 0 radical (unpaired) electrons. The van der Waals surface area contributed by atoms with Gasteiger partial charge < -0.3 is 14.2 Å². The number of rotatable bonds is 8. The third-order valence-corrected chi connectivity index (χ3v) is 5.01. The van der Waals surface area contributed by atoms with Crippen LogP contribution >= 0.6 is 0 Å². The van der Waals surface area contributed by atoms with Crippen LogP contribution in [0.25, 0.3) is 0 Å². The molecule has 3 rings (SSSR count). The van der Waals surface area contributed by atoms with Crippen LogP contribution in [0.5, 0.6) is 11.5 Å². The van der Waals surface area contributed by atoms with Crippen LogP contribution in [0.1, 0.15) is 50.2 Å². The first kappa shape index (κ1) is 23.8. The van der Waals surface area contributed by atoms with Crippen molar-refractivity contribution < 1.29 is 40.6 Å². The molecule has 1 unspecified atom stereocenters. The van der Waals surface area contributed by atoms with E-state index in [-0.39, 0.29) is 18.8 Å². The average Bonchev–Trinajstić information content (AvgIpc) is 2.76. The molecule has 0 saturated heterocycles. The van der Waals surface area contributed by atoms with E-state index in [0.29, 0.717) is 12.5 Å². The van der Waals surface area contributed by atoms with Gasteiger partial charge in [0, 0.05) is 12.3 Å². The van der Waals surface area contributed by atoms with E-state index < -0.39 is 52.4 Å². The highest BCUT2D eigenvalue weighted by molar-refractivity contribution is 5.37. The minimum Gasteiger partial charge on any atom is -0.498 e. The molecule has 0 spiro atoms. The van der Waals surface area contributed by atoms with E-state index in [1.165, 1.54) is 6.92 Å². The normalized spacial score (nSPS) is 16.4. The van der Waals surface area contributed by atoms with Crippen molar-refractivity contribution in [2.24, 2.45) is 0 Å². The Kier molecular flexibility index (Phi) is 7.26. The molecule has 0 amide bonds. The highest BCUT2D eigenvalue weighted by atomic mass is 19.3. The molecule has 9 heteroatoms. The second-order valence-corrected chi connectivity index (χ2v) is 7.24. The molecule has 2 aromatic carbocycles. The van der Waals surface area contributed by atoms with Gasteiger partial charge in [0.2, 0.25) is 11.6 Å². The van der Waals surface area contributed by atoms with Crippen molar-refractivity contribution in [3.63, 3.8) is 0 Å². The summed E-state index contributed by atoms with van der Waals surface area (Å²) in [6.07, 6.45) is -0.753. The molecule has 0 saturated carbocycles. The van der Waals surface area contributed by atoms with Crippen LogP contribution in [0.2, 0.25) is 0 Å².